The fraction of sp³-hybridized carbons (Fsp3) is 0. The molecular formula is C19H13ClN2O3S2. The molecule has 1 N–H and O–H groups in total. The van der Waals surface area contributed by atoms with Crippen LogP contribution in [0.2, 0.25) is 5.02 Å². The van der Waals surface area contributed by atoms with E-state index < -0.39 is 9.84 Å². The number of benzene rings is 2. The van der Waals surface area contributed by atoms with E-state index in [-0.39, 0.29) is 21.7 Å². The van der Waals surface area contributed by atoms with Crippen LogP contribution < -0.4 is 5.32 Å². The molecule has 0 aliphatic heterocycles. The van der Waals surface area contributed by atoms with E-state index in [0.29, 0.717) is 10.7 Å². The zero-order valence-corrected chi connectivity index (χ0v) is 16.2. The Hall–Kier alpha value is -2.61. The van der Waals surface area contributed by atoms with Crippen LogP contribution in [0.5, 0.6) is 0 Å². The Kier molecular flexibility index (Phi) is 4.73. The van der Waals surface area contributed by atoms with Crippen molar-refractivity contribution in [1.29, 1.82) is 0 Å². The molecule has 0 bridgehead atoms. The molecule has 4 aromatic rings. The van der Waals surface area contributed by atoms with Gasteiger partial charge in [0.15, 0.2) is 0 Å². The molecule has 0 radical (unpaired) electrons. The summed E-state index contributed by atoms with van der Waals surface area (Å²) < 4.78 is 32.0. The minimum absolute atomic E-state index is 0.0598. The maximum Gasteiger partial charge on any atom is 0.240 e. The summed E-state index contributed by atoms with van der Waals surface area (Å²) in [5, 5.41) is 5.29. The number of halogens is 1. The molecule has 2 aromatic heterocycles. The number of nitrogens with zero attached hydrogens (tertiary/aromatic N) is 1. The van der Waals surface area contributed by atoms with Gasteiger partial charge in [-0.3, -0.25) is 0 Å². The monoisotopic (exact) mass is 416 g/mol. The Balaban J connectivity index is 1.83. The smallest absolute Gasteiger partial charge is 0.240 e. The third-order valence-corrected chi connectivity index (χ3v) is 6.53. The van der Waals surface area contributed by atoms with Crippen molar-refractivity contribution in [3.05, 3.63) is 77.1 Å². The van der Waals surface area contributed by atoms with Crippen LogP contribution >= 0.6 is 22.9 Å². The quantitative estimate of drug-likeness (QED) is 0.456. The van der Waals surface area contributed by atoms with Gasteiger partial charge in [0.1, 0.15) is 0 Å². The number of thiophene rings is 1. The molecular weight excluding hydrogens is 404 g/mol. The van der Waals surface area contributed by atoms with E-state index in [9.17, 15) is 8.42 Å². The van der Waals surface area contributed by atoms with Crippen molar-refractivity contribution in [2.24, 2.45) is 0 Å². The zero-order valence-electron chi connectivity index (χ0n) is 13.8. The van der Waals surface area contributed by atoms with Crippen molar-refractivity contribution >= 4 is 44.3 Å². The molecule has 0 aliphatic carbocycles. The highest BCUT2D eigenvalue weighted by atomic mass is 35.5. The summed E-state index contributed by atoms with van der Waals surface area (Å²) in [6.45, 7) is 0. The lowest BCUT2D eigenvalue weighted by Gasteiger charge is -2.06. The number of nitrogens with one attached hydrogen (secondary N) is 1. The van der Waals surface area contributed by atoms with Gasteiger partial charge in [-0.2, -0.15) is 4.98 Å². The number of hydrogen-bond donors (Lipinski definition) is 1. The Bertz CT molecular complexity index is 1150. The molecule has 0 aliphatic rings. The molecule has 0 atom stereocenters. The van der Waals surface area contributed by atoms with Crippen LogP contribution in [0, 0.1) is 0 Å². The van der Waals surface area contributed by atoms with Gasteiger partial charge in [0.25, 0.3) is 0 Å². The van der Waals surface area contributed by atoms with Gasteiger partial charge in [0.2, 0.25) is 26.6 Å². The van der Waals surface area contributed by atoms with E-state index in [4.69, 9.17) is 16.0 Å². The normalized spacial score (nSPS) is 11.4. The lowest BCUT2D eigenvalue weighted by molar-refractivity contribution is 0.582. The first-order valence-electron chi connectivity index (χ1n) is 7.91. The van der Waals surface area contributed by atoms with E-state index in [1.54, 1.807) is 42.5 Å². The van der Waals surface area contributed by atoms with E-state index in [0.717, 1.165) is 4.88 Å². The van der Waals surface area contributed by atoms with Crippen molar-refractivity contribution in [3.8, 4) is 10.8 Å². The van der Waals surface area contributed by atoms with Gasteiger partial charge in [-0.1, -0.05) is 35.9 Å². The fourth-order valence-corrected chi connectivity index (χ4v) is 4.50. The molecule has 0 spiro atoms. The molecule has 8 heteroatoms. The van der Waals surface area contributed by atoms with E-state index >= 15 is 0 Å². The number of aromatic nitrogens is 1. The van der Waals surface area contributed by atoms with Crippen LogP contribution in [0.25, 0.3) is 10.8 Å². The lowest BCUT2D eigenvalue weighted by atomic mass is 10.3. The first-order chi connectivity index (χ1) is 13.0. The van der Waals surface area contributed by atoms with Crippen LogP contribution in [-0.2, 0) is 9.84 Å². The Morgan fingerprint density at radius 3 is 2.37 bits per heavy atom. The summed E-state index contributed by atoms with van der Waals surface area (Å²) in [5.41, 5.74) is 0.637. The molecule has 0 unspecified atom stereocenters. The molecule has 0 fully saturated rings. The summed E-state index contributed by atoms with van der Waals surface area (Å²) in [7, 11) is -3.86. The second-order valence-electron chi connectivity index (χ2n) is 5.58. The van der Waals surface area contributed by atoms with E-state index in [1.807, 2.05) is 17.5 Å². The number of hydrogen-bond acceptors (Lipinski definition) is 6. The Labute approximate surface area is 165 Å². The first-order valence-corrected chi connectivity index (χ1v) is 10.7. The van der Waals surface area contributed by atoms with Gasteiger partial charge in [0, 0.05) is 10.7 Å². The van der Waals surface area contributed by atoms with Crippen molar-refractivity contribution in [2.75, 3.05) is 5.32 Å². The predicted octanol–water partition coefficient (Wildman–Crippen LogP) is 5.63. The molecule has 0 amide bonds. The maximum absolute atomic E-state index is 13.1. The molecule has 4 rings (SSSR count). The second-order valence-corrected chi connectivity index (χ2v) is 8.83. The minimum atomic E-state index is -3.86. The highest BCUT2D eigenvalue weighted by Crippen LogP contribution is 2.35. The van der Waals surface area contributed by atoms with E-state index in [1.165, 1.54) is 23.5 Å². The van der Waals surface area contributed by atoms with E-state index in [2.05, 4.69) is 10.3 Å². The van der Waals surface area contributed by atoms with Gasteiger partial charge in [-0.25, -0.2) is 8.42 Å². The SMILES string of the molecule is O=S(=O)(c1ccccc1)c1nc(-c2cccs2)oc1Nc1ccc(Cl)cc1. The topological polar surface area (TPSA) is 72.2 Å². The first kappa shape index (κ1) is 17.8. The summed E-state index contributed by atoms with van der Waals surface area (Å²) in [5.74, 6) is 0.306. The van der Waals surface area contributed by atoms with Crippen molar-refractivity contribution < 1.29 is 12.8 Å². The van der Waals surface area contributed by atoms with Crippen molar-refractivity contribution in [2.45, 2.75) is 9.92 Å². The fourth-order valence-electron chi connectivity index (χ4n) is 2.45. The highest BCUT2D eigenvalue weighted by molar-refractivity contribution is 7.91. The van der Waals surface area contributed by atoms with Gasteiger partial charge in [-0.05, 0) is 47.8 Å². The van der Waals surface area contributed by atoms with Crippen LogP contribution in [0.15, 0.2) is 86.4 Å². The Morgan fingerprint density at radius 2 is 1.70 bits per heavy atom. The van der Waals surface area contributed by atoms with Gasteiger partial charge in [-0.15, -0.1) is 11.3 Å². The highest BCUT2D eigenvalue weighted by Gasteiger charge is 2.28. The number of anilines is 2. The van der Waals surface area contributed by atoms with Gasteiger partial charge >= 0.3 is 0 Å². The van der Waals surface area contributed by atoms with Crippen molar-refractivity contribution in [1.82, 2.24) is 4.98 Å². The van der Waals surface area contributed by atoms with Gasteiger partial charge in [0.05, 0.1) is 9.77 Å². The Morgan fingerprint density at radius 1 is 0.963 bits per heavy atom. The average Bonchev–Trinajstić information content (AvgIpc) is 3.34. The predicted molar refractivity (Wildman–Crippen MR) is 106 cm³/mol. The van der Waals surface area contributed by atoms with Gasteiger partial charge < -0.3 is 9.73 Å². The number of rotatable bonds is 5. The molecule has 2 aromatic carbocycles. The maximum atomic E-state index is 13.1. The largest absolute Gasteiger partial charge is 0.418 e. The molecule has 0 saturated carbocycles. The molecule has 27 heavy (non-hydrogen) atoms. The van der Waals surface area contributed by atoms with Crippen LogP contribution in [0.3, 0.4) is 0 Å². The average molecular weight is 417 g/mol. The third-order valence-electron chi connectivity index (χ3n) is 3.74. The molecule has 0 saturated heterocycles. The standard InChI is InChI=1S/C19H13ClN2O3S2/c20-13-8-10-14(11-9-13)21-18-19(22-17(25-18)16-7-4-12-26-16)27(23,24)15-5-2-1-3-6-15/h1-12,21H. The summed E-state index contributed by atoms with van der Waals surface area (Å²) in [6, 6.07) is 18.7. The number of sulfone groups is 1. The summed E-state index contributed by atoms with van der Waals surface area (Å²) >= 11 is 7.33. The molecule has 136 valence electrons. The molecule has 2 heterocycles. The van der Waals surface area contributed by atoms with Crippen LogP contribution in [0.1, 0.15) is 0 Å². The van der Waals surface area contributed by atoms with Crippen molar-refractivity contribution in [3.63, 3.8) is 0 Å². The lowest BCUT2D eigenvalue weighted by Crippen LogP contribution is -2.05. The second kappa shape index (κ2) is 7.19. The third kappa shape index (κ3) is 3.62. The van der Waals surface area contributed by atoms with Crippen LogP contribution in [0.4, 0.5) is 11.6 Å². The summed E-state index contributed by atoms with van der Waals surface area (Å²) in [4.78, 5) is 5.17. The minimum Gasteiger partial charge on any atom is -0.418 e. The zero-order chi connectivity index (χ0) is 18.9. The summed E-state index contributed by atoms with van der Waals surface area (Å²) in [6.07, 6.45) is 0. The van der Waals surface area contributed by atoms with Crippen LogP contribution in [-0.4, -0.2) is 13.4 Å². The number of oxazole rings is 1. The molecule has 5 nitrogen and oxygen atoms in total.